The third-order valence-corrected chi connectivity index (χ3v) is 4.31. The fourth-order valence-electron chi connectivity index (χ4n) is 3.33. The van der Waals surface area contributed by atoms with Crippen molar-refractivity contribution in [2.45, 2.75) is 39.0 Å². The van der Waals surface area contributed by atoms with Crippen LogP contribution in [0, 0.1) is 23.0 Å². The minimum Gasteiger partial charge on any atom is -0.319 e. The molecule has 1 aliphatic rings. The lowest BCUT2D eigenvalue weighted by atomic mass is 9.65. The molecule has 0 spiro atoms. The zero-order valence-electron chi connectivity index (χ0n) is 12.0. The number of nitrogens with one attached hydrogen (secondary N) is 1. The Morgan fingerprint density at radius 3 is 2.42 bits per heavy atom. The molecule has 1 aliphatic carbocycles. The van der Waals surface area contributed by atoms with Crippen molar-refractivity contribution in [2.24, 2.45) is 11.3 Å². The Balaban J connectivity index is 2.30. The van der Waals surface area contributed by atoms with Crippen molar-refractivity contribution in [1.29, 1.82) is 0 Å². The smallest absolute Gasteiger partial charge is 0.126 e. The fourth-order valence-corrected chi connectivity index (χ4v) is 3.33. The second kappa shape index (κ2) is 5.58. The maximum Gasteiger partial charge on any atom is 0.126 e. The van der Waals surface area contributed by atoms with Crippen LogP contribution in [0.4, 0.5) is 8.78 Å². The summed E-state index contributed by atoms with van der Waals surface area (Å²) in [4.78, 5) is 0. The predicted octanol–water partition coefficient (Wildman–Crippen LogP) is 4.09. The number of hydrogen-bond acceptors (Lipinski definition) is 1. The molecule has 19 heavy (non-hydrogen) atoms. The molecule has 0 aromatic heterocycles. The van der Waals surface area contributed by atoms with Gasteiger partial charge in [0.2, 0.25) is 0 Å². The lowest BCUT2D eigenvalue weighted by Gasteiger charge is -2.41. The van der Waals surface area contributed by atoms with Gasteiger partial charge in [-0.25, -0.2) is 8.78 Å². The van der Waals surface area contributed by atoms with E-state index in [4.69, 9.17) is 0 Å². The van der Waals surface area contributed by atoms with Crippen molar-refractivity contribution in [3.8, 4) is 0 Å². The lowest BCUT2D eigenvalue weighted by Crippen LogP contribution is -2.33. The van der Waals surface area contributed by atoms with Crippen LogP contribution in [-0.4, -0.2) is 13.6 Å². The minimum atomic E-state index is -0.471. The Morgan fingerprint density at radius 1 is 1.21 bits per heavy atom. The molecule has 0 bridgehead atoms. The van der Waals surface area contributed by atoms with Crippen molar-refractivity contribution < 1.29 is 8.78 Å². The third kappa shape index (κ3) is 3.53. The van der Waals surface area contributed by atoms with Gasteiger partial charge in [-0.2, -0.15) is 0 Å². The first-order valence-electron chi connectivity index (χ1n) is 7.02. The Morgan fingerprint density at radius 2 is 1.84 bits per heavy atom. The molecule has 0 radical (unpaired) electrons. The highest BCUT2D eigenvalue weighted by atomic mass is 19.1. The lowest BCUT2D eigenvalue weighted by molar-refractivity contribution is 0.161. The van der Waals surface area contributed by atoms with Crippen LogP contribution in [0.1, 0.15) is 44.6 Å². The summed E-state index contributed by atoms with van der Waals surface area (Å²) in [5.41, 5.74) is 1.06. The molecule has 2 rings (SSSR count). The van der Waals surface area contributed by atoms with Crippen LogP contribution in [0.2, 0.25) is 0 Å². The molecule has 106 valence electrons. The summed E-state index contributed by atoms with van der Waals surface area (Å²) in [7, 11) is 1.93. The second-order valence-electron chi connectivity index (χ2n) is 6.53. The topological polar surface area (TPSA) is 12.0 Å². The van der Waals surface area contributed by atoms with Gasteiger partial charge in [0.05, 0.1) is 0 Å². The number of rotatable bonds is 3. The van der Waals surface area contributed by atoms with Gasteiger partial charge in [0.25, 0.3) is 0 Å². The van der Waals surface area contributed by atoms with Crippen LogP contribution < -0.4 is 5.32 Å². The van der Waals surface area contributed by atoms with E-state index >= 15 is 0 Å². The molecule has 1 N–H and O–H groups in total. The third-order valence-electron chi connectivity index (χ3n) is 4.31. The summed E-state index contributed by atoms with van der Waals surface area (Å²) >= 11 is 0. The van der Waals surface area contributed by atoms with Gasteiger partial charge in [-0.05, 0) is 67.8 Å². The zero-order valence-corrected chi connectivity index (χ0v) is 12.0. The van der Waals surface area contributed by atoms with E-state index in [-0.39, 0.29) is 11.3 Å². The van der Waals surface area contributed by atoms with Crippen molar-refractivity contribution in [3.63, 3.8) is 0 Å². The number of hydrogen-bond donors (Lipinski definition) is 1. The van der Waals surface area contributed by atoms with E-state index in [0.717, 1.165) is 31.0 Å². The summed E-state index contributed by atoms with van der Waals surface area (Å²) in [6, 6.07) is 3.94. The minimum absolute atomic E-state index is 0.237. The summed E-state index contributed by atoms with van der Waals surface area (Å²) in [6.07, 6.45) is 3.27. The highest BCUT2D eigenvalue weighted by Gasteiger charge is 2.35. The van der Waals surface area contributed by atoms with Crippen molar-refractivity contribution in [1.82, 2.24) is 5.32 Å². The highest BCUT2D eigenvalue weighted by Crippen LogP contribution is 2.46. The normalized spacial score (nSPS) is 26.4. The first kappa shape index (κ1) is 14.4. The molecule has 1 nitrogen and oxygen atoms in total. The van der Waals surface area contributed by atoms with Crippen LogP contribution in [0.15, 0.2) is 18.2 Å². The maximum absolute atomic E-state index is 13.4. The molecule has 1 fully saturated rings. The van der Waals surface area contributed by atoms with E-state index in [9.17, 15) is 8.78 Å². The summed E-state index contributed by atoms with van der Waals surface area (Å²) in [5.74, 6) is -0.246. The summed E-state index contributed by atoms with van der Waals surface area (Å²) in [5, 5.41) is 3.21. The molecule has 1 aromatic rings. The van der Waals surface area contributed by atoms with E-state index in [1.165, 1.54) is 18.6 Å². The Bertz CT molecular complexity index is 422. The van der Waals surface area contributed by atoms with Crippen molar-refractivity contribution in [3.05, 3.63) is 35.4 Å². The van der Waals surface area contributed by atoms with E-state index in [0.29, 0.717) is 5.92 Å². The van der Waals surface area contributed by atoms with Gasteiger partial charge >= 0.3 is 0 Å². The largest absolute Gasteiger partial charge is 0.319 e. The SMILES string of the molecule is CNCC1CCC(C)(C)CC1c1cc(F)cc(F)c1. The Kier molecular flexibility index (Phi) is 4.24. The maximum atomic E-state index is 13.4. The molecule has 2 atom stereocenters. The molecule has 3 heteroatoms. The average molecular weight is 267 g/mol. The molecule has 1 saturated carbocycles. The standard InChI is InChI=1S/C16H23F2N/c1-16(2)5-4-11(10-19-3)15(9-16)12-6-13(17)8-14(18)7-12/h6-8,11,15,19H,4-5,9-10H2,1-3H3. The zero-order chi connectivity index (χ0) is 14.0. The van der Waals surface area contributed by atoms with Crippen LogP contribution in [0.3, 0.4) is 0 Å². The molecular weight excluding hydrogens is 244 g/mol. The van der Waals surface area contributed by atoms with Gasteiger partial charge in [0, 0.05) is 6.07 Å². The molecule has 1 aromatic carbocycles. The Hall–Kier alpha value is -0.960. The first-order chi connectivity index (χ1) is 8.91. The summed E-state index contributed by atoms with van der Waals surface area (Å²) < 4.78 is 26.9. The van der Waals surface area contributed by atoms with Gasteiger partial charge in [0.15, 0.2) is 0 Å². The highest BCUT2D eigenvalue weighted by molar-refractivity contribution is 5.24. The van der Waals surface area contributed by atoms with Crippen LogP contribution in [0.25, 0.3) is 0 Å². The van der Waals surface area contributed by atoms with E-state index in [1.54, 1.807) is 0 Å². The monoisotopic (exact) mass is 267 g/mol. The predicted molar refractivity (Wildman–Crippen MR) is 74.1 cm³/mol. The van der Waals surface area contributed by atoms with Gasteiger partial charge in [-0.15, -0.1) is 0 Å². The van der Waals surface area contributed by atoms with Gasteiger partial charge in [-0.3, -0.25) is 0 Å². The van der Waals surface area contributed by atoms with Crippen molar-refractivity contribution >= 4 is 0 Å². The van der Waals surface area contributed by atoms with Crippen molar-refractivity contribution in [2.75, 3.05) is 13.6 Å². The van der Waals surface area contributed by atoms with E-state index < -0.39 is 11.6 Å². The molecule has 0 amide bonds. The fraction of sp³-hybridized carbons (Fsp3) is 0.625. The number of halogens is 2. The average Bonchev–Trinajstić information content (AvgIpc) is 2.30. The van der Waals surface area contributed by atoms with Crippen LogP contribution in [0.5, 0.6) is 0 Å². The van der Waals surface area contributed by atoms with Crippen LogP contribution >= 0.6 is 0 Å². The second-order valence-corrected chi connectivity index (χ2v) is 6.53. The van der Waals surface area contributed by atoms with Gasteiger partial charge < -0.3 is 5.32 Å². The van der Waals surface area contributed by atoms with Gasteiger partial charge in [0.1, 0.15) is 11.6 Å². The van der Waals surface area contributed by atoms with Crippen LogP contribution in [-0.2, 0) is 0 Å². The van der Waals surface area contributed by atoms with Gasteiger partial charge in [-0.1, -0.05) is 13.8 Å². The molecule has 0 saturated heterocycles. The number of benzene rings is 1. The summed E-state index contributed by atoms with van der Waals surface area (Å²) in [6.45, 7) is 5.38. The first-order valence-corrected chi connectivity index (χ1v) is 7.02. The molecule has 2 unspecified atom stereocenters. The Labute approximate surface area is 114 Å². The van der Waals surface area contributed by atoms with E-state index in [2.05, 4.69) is 19.2 Å². The molecule has 0 heterocycles. The van der Waals surface area contributed by atoms with E-state index in [1.807, 2.05) is 7.05 Å². The molecule has 0 aliphatic heterocycles. The molecular formula is C16H23F2N. The quantitative estimate of drug-likeness (QED) is 0.869.